The minimum atomic E-state index is -0.954. The van der Waals surface area contributed by atoms with Crippen molar-refractivity contribution in [2.75, 3.05) is 39.6 Å². The van der Waals surface area contributed by atoms with Crippen LogP contribution in [-0.2, 0) is 9.59 Å². The first-order valence-corrected chi connectivity index (χ1v) is 25.1. The summed E-state index contributed by atoms with van der Waals surface area (Å²) < 4.78 is 0. The van der Waals surface area contributed by atoms with Crippen LogP contribution in [0.15, 0.2) is 0 Å². The molecule has 0 aromatic rings. The number of rotatable bonds is 42. The van der Waals surface area contributed by atoms with Crippen molar-refractivity contribution in [1.82, 2.24) is 0 Å². The molecular weight excluding hydrogens is 797 g/mol. The molecule has 0 bridgehead atoms. The van der Waals surface area contributed by atoms with Gasteiger partial charge in [-0.15, -0.1) is 0 Å². The molecule has 11 N–H and O–H groups in total. The van der Waals surface area contributed by atoms with E-state index in [-0.39, 0.29) is 39.6 Å². The molecular formula is C49H104O13. The Kier molecular flexibility index (Phi) is 74.3. The van der Waals surface area contributed by atoms with Crippen LogP contribution in [0.25, 0.3) is 0 Å². The summed E-state index contributed by atoms with van der Waals surface area (Å²) in [6.07, 6.45) is 43.4. The molecule has 0 aliphatic carbocycles. The van der Waals surface area contributed by atoms with Crippen LogP contribution in [0.4, 0.5) is 0 Å². The van der Waals surface area contributed by atoms with Crippen LogP contribution in [0, 0.1) is 0 Å². The van der Waals surface area contributed by atoms with Gasteiger partial charge < -0.3 is 56.2 Å². The second-order valence-electron chi connectivity index (χ2n) is 16.7. The van der Waals surface area contributed by atoms with E-state index in [1.165, 1.54) is 193 Å². The van der Waals surface area contributed by atoms with Gasteiger partial charge in [-0.25, -0.2) is 0 Å². The van der Waals surface area contributed by atoms with E-state index in [0.29, 0.717) is 12.8 Å². The van der Waals surface area contributed by atoms with Crippen LogP contribution in [-0.4, -0.2) is 126 Å². The van der Waals surface area contributed by atoms with E-state index in [9.17, 15) is 9.59 Å². The SMILES string of the molecule is CCCCCCCCCCCCCCCCCCCC(=O)O.CCCCCCCCCCCCCCCCCCCC(=O)O.OCC(O)CO.OCC(O)CO.OCC(O)CO. The van der Waals surface area contributed by atoms with Crippen molar-refractivity contribution in [3.63, 3.8) is 0 Å². The predicted octanol–water partition coefficient (Wildman–Crippen LogP) is 9.22. The van der Waals surface area contributed by atoms with Crippen LogP contribution >= 0.6 is 0 Å². The molecule has 0 saturated heterocycles. The molecule has 0 aromatic carbocycles. The third-order valence-corrected chi connectivity index (χ3v) is 10.3. The number of aliphatic hydroxyl groups excluding tert-OH is 9. The smallest absolute Gasteiger partial charge is 0.303 e. The van der Waals surface area contributed by atoms with Gasteiger partial charge in [0, 0.05) is 12.8 Å². The van der Waals surface area contributed by atoms with E-state index >= 15 is 0 Å². The fourth-order valence-electron chi connectivity index (χ4n) is 6.18. The average molecular weight is 901 g/mol. The zero-order valence-corrected chi connectivity index (χ0v) is 40.2. The highest BCUT2D eigenvalue weighted by atomic mass is 16.4. The number of carbonyl (C=O) groups is 2. The zero-order valence-electron chi connectivity index (χ0n) is 40.2. The summed E-state index contributed by atoms with van der Waals surface area (Å²) in [7, 11) is 0. The average Bonchev–Trinajstić information content (AvgIpc) is 3.28. The number of carboxylic acid groups (broad SMARTS) is 2. The largest absolute Gasteiger partial charge is 0.481 e. The van der Waals surface area contributed by atoms with Gasteiger partial charge in [-0.2, -0.15) is 0 Å². The third-order valence-electron chi connectivity index (χ3n) is 10.3. The lowest BCUT2D eigenvalue weighted by molar-refractivity contribution is -0.138. The molecule has 0 fully saturated rings. The lowest BCUT2D eigenvalue weighted by atomic mass is 10.0. The summed E-state index contributed by atoms with van der Waals surface area (Å²) in [5, 5.41) is 89.1. The topological polar surface area (TPSA) is 257 Å². The van der Waals surface area contributed by atoms with Gasteiger partial charge in [0.05, 0.1) is 39.6 Å². The van der Waals surface area contributed by atoms with Crippen LogP contribution in [0.3, 0.4) is 0 Å². The Hall–Kier alpha value is -1.42. The molecule has 62 heavy (non-hydrogen) atoms. The Morgan fingerprint density at radius 2 is 0.403 bits per heavy atom. The minimum absolute atomic E-state index is 0.346. The van der Waals surface area contributed by atoms with Crippen molar-refractivity contribution in [1.29, 1.82) is 0 Å². The van der Waals surface area contributed by atoms with Crippen molar-refractivity contribution in [2.24, 2.45) is 0 Å². The molecule has 13 nitrogen and oxygen atoms in total. The highest BCUT2D eigenvalue weighted by Crippen LogP contribution is 2.16. The number of unbranched alkanes of at least 4 members (excludes halogenated alkanes) is 32. The highest BCUT2D eigenvalue weighted by molar-refractivity contribution is 5.66. The van der Waals surface area contributed by atoms with Gasteiger partial charge >= 0.3 is 11.9 Å². The lowest BCUT2D eigenvalue weighted by Crippen LogP contribution is -2.15. The Bertz CT molecular complexity index is 707. The van der Waals surface area contributed by atoms with Crippen molar-refractivity contribution in [3.05, 3.63) is 0 Å². The van der Waals surface area contributed by atoms with Crippen molar-refractivity contribution in [2.45, 2.75) is 263 Å². The van der Waals surface area contributed by atoms with Gasteiger partial charge in [-0.1, -0.05) is 219 Å². The highest BCUT2D eigenvalue weighted by Gasteiger charge is 2.00. The number of aliphatic hydroxyl groups is 9. The maximum Gasteiger partial charge on any atom is 0.303 e. The van der Waals surface area contributed by atoms with Crippen LogP contribution < -0.4 is 0 Å². The van der Waals surface area contributed by atoms with E-state index in [0.717, 1.165) is 25.7 Å². The monoisotopic (exact) mass is 901 g/mol. The standard InChI is InChI=1S/2C20H40O2.3C3H8O3/c2*1-2-3-4-5-6-7-8-9-10-11-12-13-14-15-16-17-18-19-20(21)22;3*4-1-3(6)2-5/h2*2-19H2,1H3,(H,21,22);3*3-6H,1-2H2. The first-order valence-electron chi connectivity index (χ1n) is 25.1. The molecule has 0 saturated carbocycles. The lowest BCUT2D eigenvalue weighted by Gasteiger charge is -2.03. The molecule has 0 aromatic heterocycles. The Balaban J connectivity index is -0.000000250. The first kappa shape index (κ1) is 69.6. The quantitative estimate of drug-likeness (QED) is 0.0256. The van der Waals surface area contributed by atoms with E-state index in [1.54, 1.807) is 0 Å². The van der Waals surface area contributed by atoms with Gasteiger partial charge in [-0.3, -0.25) is 9.59 Å². The maximum absolute atomic E-state index is 10.4. The predicted molar refractivity (Wildman–Crippen MR) is 253 cm³/mol. The van der Waals surface area contributed by atoms with Crippen LogP contribution in [0.5, 0.6) is 0 Å². The van der Waals surface area contributed by atoms with Crippen molar-refractivity contribution in [3.8, 4) is 0 Å². The van der Waals surface area contributed by atoms with Crippen molar-refractivity contribution >= 4 is 11.9 Å². The number of carboxylic acids is 2. The Labute approximate surface area is 379 Å². The molecule has 0 aliphatic heterocycles. The molecule has 0 aliphatic rings. The minimum Gasteiger partial charge on any atom is -0.481 e. The van der Waals surface area contributed by atoms with Gasteiger partial charge in [0.1, 0.15) is 18.3 Å². The van der Waals surface area contributed by atoms with E-state index in [4.69, 9.17) is 56.2 Å². The summed E-state index contributed by atoms with van der Waals surface area (Å²) in [6, 6.07) is 0. The number of aliphatic carboxylic acids is 2. The summed E-state index contributed by atoms with van der Waals surface area (Å²) in [5.41, 5.74) is 0. The molecule has 0 amide bonds. The van der Waals surface area contributed by atoms with Crippen molar-refractivity contribution < 1.29 is 65.8 Å². The summed E-state index contributed by atoms with van der Waals surface area (Å²) in [4.78, 5) is 20.7. The Morgan fingerprint density at radius 1 is 0.274 bits per heavy atom. The van der Waals surface area contributed by atoms with Gasteiger partial charge in [0.2, 0.25) is 0 Å². The van der Waals surface area contributed by atoms with E-state index in [1.807, 2.05) is 0 Å². The molecule has 0 spiro atoms. The number of hydrogen-bond donors (Lipinski definition) is 11. The zero-order chi connectivity index (χ0) is 47.6. The second-order valence-corrected chi connectivity index (χ2v) is 16.7. The fourth-order valence-corrected chi connectivity index (χ4v) is 6.18. The maximum atomic E-state index is 10.4. The van der Waals surface area contributed by atoms with E-state index in [2.05, 4.69) is 13.8 Å². The third kappa shape index (κ3) is 82.3. The van der Waals surface area contributed by atoms with Crippen LogP contribution in [0.2, 0.25) is 0 Å². The van der Waals surface area contributed by atoms with Gasteiger partial charge in [0.25, 0.3) is 0 Å². The van der Waals surface area contributed by atoms with Crippen LogP contribution in [0.1, 0.15) is 245 Å². The molecule has 0 radical (unpaired) electrons. The summed E-state index contributed by atoms with van der Waals surface area (Å²) in [6.45, 7) is 2.37. The van der Waals surface area contributed by atoms with Gasteiger partial charge in [-0.05, 0) is 12.8 Å². The number of hydrogen-bond acceptors (Lipinski definition) is 11. The molecule has 13 heteroatoms. The second kappa shape index (κ2) is 66.2. The summed E-state index contributed by atoms with van der Waals surface area (Å²) >= 11 is 0. The normalized spacial score (nSPS) is 10.7. The van der Waals surface area contributed by atoms with Gasteiger partial charge in [0.15, 0.2) is 0 Å². The first-order chi connectivity index (χ1) is 30.0. The van der Waals surface area contributed by atoms with E-state index < -0.39 is 30.3 Å². The summed E-state index contributed by atoms with van der Waals surface area (Å²) in [5.74, 6) is -1.30. The Morgan fingerprint density at radius 3 is 0.500 bits per heavy atom. The molecule has 0 unspecified atom stereocenters. The molecule has 0 heterocycles. The molecule has 378 valence electrons. The molecule has 0 rings (SSSR count). The molecule has 0 atom stereocenters. The fraction of sp³-hybridized carbons (Fsp3) is 0.959.